The van der Waals surface area contributed by atoms with Gasteiger partial charge in [-0.2, -0.15) is 4.99 Å². The summed E-state index contributed by atoms with van der Waals surface area (Å²) in [4.78, 5) is 18.1. The maximum atomic E-state index is 12.1. The van der Waals surface area contributed by atoms with E-state index in [4.69, 9.17) is 23.2 Å². The van der Waals surface area contributed by atoms with E-state index in [1.165, 1.54) is 11.8 Å². The van der Waals surface area contributed by atoms with Crippen molar-refractivity contribution in [3.63, 3.8) is 0 Å². The normalized spacial score (nSPS) is 26.2. The average Bonchev–Trinajstić information content (AvgIpc) is 2.98. The molecule has 0 radical (unpaired) electrons. The summed E-state index contributed by atoms with van der Waals surface area (Å²) in [6.45, 7) is 2.01. The second kappa shape index (κ2) is 7.47. The van der Waals surface area contributed by atoms with E-state index in [1.54, 1.807) is 23.1 Å². The van der Waals surface area contributed by atoms with E-state index in [1.807, 2.05) is 6.92 Å². The molecule has 0 bridgehead atoms. The second-order valence-electron chi connectivity index (χ2n) is 6.16. The molecule has 2 fully saturated rings. The van der Waals surface area contributed by atoms with E-state index < -0.39 is 9.84 Å². The van der Waals surface area contributed by atoms with Gasteiger partial charge in [-0.1, -0.05) is 48.3 Å². The van der Waals surface area contributed by atoms with Crippen molar-refractivity contribution in [2.75, 3.05) is 16.4 Å². The predicted octanol–water partition coefficient (Wildman–Crippen LogP) is 3.79. The van der Waals surface area contributed by atoms with Crippen LogP contribution in [0.2, 0.25) is 10.0 Å². The van der Waals surface area contributed by atoms with Crippen LogP contribution in [-0.4, -0.2) is 42.3 Å². The molecular formula is C16H18Cl2N2O3S2. The van der Waals surface area contributed by atoms with Crippen molar-refractivity contribution in [3.05, 3.63) is 28.2 Å². The number of unbranched alkanes of at least 4 members (excludes halogenated alkanes) is 1. The quantitative estimate of drug-likeness (QED) is 0.740. The van der Waals surface area contributed by atoms with Gasteiger partial charge in [0.25, 0.3) is 0 Å². The number of thioether (sulfide) groups is 1. The molecule has 136 valence electrons. The Hall–Kier alpha value is -0.760. The van der Waals surface area contributed by atoms with Gasteiger partial charge >= 0.3 is 0 Å². The smallest absolute Gasteiger partial charge is 0.248 e. The molecule has 0 unspecified atom stereocenters. The number of aliphatic imine (C=N–C) groups is 1. The first kappa shape index (κ1) is 19.0. The molecule has 2 saturated heterocycles. The highest BCUT2D eigenvalue weighted by Crippen LogP contribution is 2.43. The topological polar surface area (TPSA) is 66.8 Å². The molecule has 1 aromatic carbocycles. The molecule has 0 spiro atoms. The Morgan fingerprint density at radius 1 is 1.36 bits per heavy atom. The summed E-state index contributed by atoms with van der Waals surface area (Å²) in [5.74, 6) is -0.0927. The number of rotatable bonds is 4. The van der Waals surface area contributed by atoms with Gasteiger partial charge in [0.2, 0.25) is 5.91 Å². The van der Waals surface area contributed by atoms with Crippen LogP contribution in [0.15, 0.2) is 23.2 Å². The van der Waals surface area contributed by atoms with Crippen molar-refractivity contribution in [1.29, 1.82) is 0 Å². The molecule has 0 saturated carbocycles. The van der Waals surface area contributed by atoms with Crippen molar-refractivity contribution in [2.45, 2.75) is 37.5 Å². The fourth-order valence-electron chi connectivity index (χ4n) is 3.01. The highest BCUT2D eigenvalue weighted by atomic mass is 35.5. The molecule has 2 aliphatic heterocycles. The standard InChI is InChI=1S/C16H18Cl2N2O3S2/c1-2-3-4-15(21)19-16-20(12-7-10(17)5-6-11(12)18)13-8-25(22,23)9-14(13)24-16/h5-7,13-14H,2-4,8-9H2,1H3/t13-,14+/m0/s1. The maximum absolute atomic E-state index is 12.1. The van der Waals surface area contributed by atoms with Crippen LogP contribution in [0.1, 0.15) is 26.2 Å². The zero-order valence-electron chi connectivity index (χ0n) is 13.6. The first-order chi connectivity index (χ1) is 11.8. The minimum Gasteiger partial charge on any atom is -0.314 e. The fourth-order valence-corrected chi connectivity index (χ4v) is 7.31. The van der Waals surface area contributed by atoms with Crippen molar-refractivity contribution < 1.29 is 13.2 Å². The molecule has 0 aliphatic carbocycles. The van der Waals surface area contributed by atoms with Gasteiger partial charge in [-0.25, -0.2) is 8.42 Å². The average molecular weight is 421 g/mol. The molecule has 2 heterocycles. The molecule has 1 aromatic rings. The highest BCUT2D eigenvalue weighted by Gasteiger charge is 2.49. The van der Waals surface area contributed by atoms with E-state index in [2.05, 4.69) is 4.99 Å². The van der Waals surface area contributed by atoms with E-state index in [9.17, 15) is 13.2 Å². The lowest BCUT2D eigenvalue weighted by Crippen LogP contribution is -2.38. The van der Waals surface area contributed by atoms with Crippen molar-refractivity contribution in [3.8, 4) is 0 Å². The summed E-state index contributed by atoms with van der Waals surface area (Å²) in [6.07, 6.45) is 2.07. The first-order valence-electron chi connectivity index (χ1n) is 8.03. The van der Waals surface area contributed by atoms with Crippen molar-refractivity contribution in [1.82, 2.24) is 0 Å². The first-order valence-corrected chi connectivity index (χ1v) is 11.5. The SMILES string of the molecule is CCCCC(=O)N=C1S[C@@H]2CS(=O)(=O)C[C@@H]2N1c1cc(Cl)ccc1Cl. The Bertz CT molecular complexity index is 827. The number of amidine groups is 1. The number of hydrogen-bond donors (Lipinski definition) is 0. The minimum atomic E-state index is -3.11. The Balaban J connectivity index is 1.99. The van der Waals surface area contributed by atoms with Crippen molar-refractivity contribution >= 4 is 61.6 Å². The third-order valence-corrected chi connectivity index (χ3v) is 7.96. The zero-order valence-corrected chi connectivity index (χ0v) is 16.8. The summed E-state index contributed by atoms with van der Waals surface area (Å²) in [5, 5.41) is 1.29. The number of halogens is 2. The fraction of sp³-hybridized carbons (Fsp3) is 0.500. The van der Waals surface area contributed by atoms with Crippen LogP contribution in [-0.2, 0) is 14.6 Å². The summed E-state index contributed by atoms with van der Waals surface area (Å²) in [7, 11) is -3.11. The third kappa shape index (κ3) is 4.15. The van der Waals surface area contributed by atoms with Crippen LogP contribution in [0, 0.1) is 0 Å². The summed E-state index contributed by atoms with van der Waals surface area (Å²) in [6, 6.07) is 4.73. The van der Waals surface area contributed by atoms with E-state index in [0.717, 1.165) is 12.8 Å². The number of benzene rings is 1. The van der Waals surface area contributed by atoms with Gasteiger partial charge in [-0.05, 0) is 24.6 Å². The van der Waals surface area contributed by atoms with Crippen LogP contribution in [0.5, 0.6) is 0 Å². The minimum absolute atomic E-state index is 0.0235. The van der Waals surface area contributed by atoms with Crippen LogP contribution < -0.4 is 4.90 Å². The Kier molecular flexibility index (Phi) is 5.68. The number of anilines is 1. The lowest BCUT2D eigenvalue weighted by molar-refractivity contribution is -0.117. The summed E-state index contributed by atoms with van der Waals surface area (Å²) in [5.41, 5.74) is 0.591. The molecule has 9 heteroatoms. The molecule has 0 N–H and O–H groups in total. The Morgan fingerprint density at radius 2 is 2.12 bits per heavy atom. The van der Waals surface area contributed by atoms with Crippen LogP contribution in [0.4, 0.5) is 5.69 Å². The molecule has 1 amide bonds. The van der Waals surface area contributed by atoms with Gasteiger partial charge in [0.05, 0.1) is 28.3 Å². The molecule has 2 atom stereocenters. The number of fused-ring (bicyclic) bond motifs is 1. The third-order valence-electron chi connectivity index (χ3n) is 4.20. The van der Waals surface area contributed by atoms with Gasteiger partial charge in [-0.3, -0.25) is 4.79 Å². The monoisotopic (exact) mass is 420 g/mol. The van der Waals surface area contributed by atoms with Crippen LogP contribution >= 0.6 is 35.0 Å². The number of carbonyl (C=O) groups excluding carboxylic acids is 1. The Labute approximate surface area is 161 Å². The number of hydrogen-bond acceptors (Lipinski definition) is 4. The largest absolute Gasteiger partial charge is 0.314 e. The molecule has 5 nitrogen and oxygen atoms in total. The zero-order chi connectivity index (χ0) is 18.2. The molecule has 25 heavy (non-hydrogen) atoms. The van der Waals surface area contributed by atoms with Crippen LogP contribution in [0.3, 0.4) is 0 Å². The van der Waals surface area contributed by atoms with Crippen molar-refractivity contribution in [2.24, 2.45) is 4.99 Å². The molecule has 0 aromatic heterocycles. The Morgan fingerprint density at radius 3 is 2.84 bits per heavy atom. The van der Waals surface area contributed by atoms with Gasteiger partial charge < -0.3 is 4.90 Å². The number of amides is 1. The maximum Gasteiger partial charge on any atom is 0.248 e. The summed E-state index contributed by atoms with van der Waals surface area (Å²) >= 11 is 13.8. The highest BCUT2D eigenvalue weighted by molar-refractivity contribution is 8.16. The number of nitrogens with zero attached hydrogens (tertiary/aromatic N) is 2. The van der Waals surface area contributed by atoms with E-state index >= 15 is 0 Å². The molecular weight excluding hydrogens is 403 g/mol. The predicted molar refractivity (Wildman–Crippen MR) is 105 cm³/mol. The van der Waals surface area contributed by atoms with E-state index in [-0.39, 0.29) is 28.7 Å². The number of sulfone groups is 1. The lowest BCUT2D eigenvalue weighted by atomic mass is 10.2. The lowest BCUT2D eigenvalue weighted by Gasteiger charge is -2.25. The number of carbonyl (C=O) groups is 1. The van der Waals surface area contributed by atoms with Crippen LogP contribution in [0.25, 0.3) is 0 Å². The van der Waals surface area contributed by atoms with Gasteiger partial charge in [-0.15, -0.1) is 0 Å². The second-order valence-corrected chi connectivity index (χ2v) is 10.4. The molecule has 3 rings (SSSR count). The van der Waals surface area contributed by atoms with E-state index in [0.29, 0.717) is 27.3 Å². The molecule has 2 aliphatic rings. The summed E-state index contributed by atoms with van der Waals surface area (Å²) < 4.78 is 24.1. The van der Waals surface area contributed by atoms with Gasteiger partial charge in [0, 0.05) is 16.7 Å². The van der Waals surface area contributed by atoms with Gasteiger partial charge in [0.1, 0.15) is 0 Å². The van der Waals surface area contributed by atoms with Gasteiger partial charge in [0.15, 0.2) is 15.0 Å².